The van der Waals surface area contributed by atoms with Crippen molar-refractivity contribution in [3.8, 4) is 0 Å². The summed E-state index contributed by atoms with van der Waals surface area (Å²) in [5.74, 6) is 0.284. The molecule has 6 nitrogen and oxygen atoms in total. The lowest BCUT2D eigenvalue weighted by molar-refractivity contribution is 0.102. The van der Waals surface area contributed by atoms with E-state index >= 15 is 0 Å². The molecule has 0 fully saturated rings. The van der Waals surface area contributed by atoms with Crippen molar-refractivity contribution in [3.63, 3.8) is 0 Å². The molecule has 0 aromatic carbocycles. The van der Waals surface area contributed by atoms with E-state index in [-0.39, 0.29) is 11.3 Å². The number of H-pyrrole nitrogens is 1. The summed E-state index contributed by atoms with van der Waals surface area (Å²) < 4.78 is 3.86. The largest absolute Gasteiger partial charge is 0.304 e. The number of rotatable bonds is 2. The zero-order valence-corrected chi connectivity index (χ0v) is 11.6. The maximum absolute atomic E-state index is 12.1. The zero-order valence-electron chi connectivity index (χ0n) is 10.7. The molecule has 0 bridgehead atoms. The first-order chi connectivity index (χ1) is 8.38. The number of hydrogen-bond donors (Lipinski definition) is 2. The van der Waals surface area contributed by atoms with Crippen LogP contribution >= 0.6 is 11.5 Å². The Balaban J connectivity index is 2.22. The molecule has 1 amide bonds. The Hall–Kier alpha value is -1.76. The average molecular weight is 265 g/mol. The Morgan fingerprint density at radius 2 is 2.17 bits per heavy atom. The Morgan fingerprint density at radius 3 is 2.72 bits per heavy atom. The van der Waals surface area contributed by atoms with Gasteiger partial charge in [-0.1, -0.05) is 25.3 Å². The number of amides is 1. The van der Waals surface area contributed by atoms with Crippen molar-refractivity contribution in [2.24, 2.45) is 0 Å². The van der Waals surface area contributed by atoms with Crippen molar-refractivity contribution in [1.29, 1.82) is 0 Å². The maximum Gasteiger partial charge on any atom is 0.270 e. The molecule has 0 atom stereocenters. The average Bonchev–Trinajstić information content (AvgIpc) is 2.85. The van der Waals surface area contributed by atoms with Crippen molar-refractivity contribution >= 4 is 23.3 Å². The van der Waals surface area contributed by atoms with Crippen LogP contribution in [0.4, 0.5) is 5.82 Å². The minimum Gasteiger partial charge on any atom is -0.304 e. The van der Waals surface area contributed by atoms with Gasteiger partial charge >= 0.3 is 0 Å². The number of aromatic nitrogens is 4. The number of carbonyl (C=O) groups is 1. The van der Waals surface area contributed by atoms with Gasteiger partial charge in [0.25, 0.3) is 5.91 Å². The Bertz CT molecular complexity index is 566. The van der Waals surface area contributed by atoms with E-state index in [1.165, 1.54) is 0 Å². The molecule has 2 aromatic heterocycles. The molecule has 0 aliphatic heterocycles. The molecular weight excluding hydrogens is 250 g/mol. The first kappa shape index (κ1) is 12.7. The molecule has 0 aliphatic rings. The Morgan fingerprint density at radius 1 is 1.44 bits per heavy atom. The second-order valence-corrected chi connectivity index (χ2v) is 5.85. The number of aryl methyl sites for hydroxylation is 1. The lowest BCUT2D eigenvalue weighted by Crippen LogP contribution is -2.20. The van der Waals surface area contributed by atoms with Gasteiger partial charge < -0.3 is 5.32 Å². The van der Waals surface area contributed by atoms with E-state index in [2.05, 4.69) is 25.1 Å². The van der Waals surface area contributed by atoms with Gasteiger partial charge in [-0.3, -0.25) is 9.89 Å². The quantitative estimate of drug-likeness (QED) is 0.871. The van der Waals surface area contributed by atoms with Crippen molar-refractivity contribution in [1.82, 2.24) is 19.8 Å². The van der Waals surface area contributed by atoms with E-state index < -0.39 is 0 Å². The molecular formula is C11H15N5OS. The second kappa shape index (κ2) is 4.49. The molecule has 2 aromatic rings. The van der Waals surface area contributed by atoms with Gasteiger partial charge in [-0.15, -0.1) is 5.10 Å². The van der Waals surface area contributed by atoms with E-state index in [0.29, 0.717) is 16.4 Å². The van der Waals surface area contributed by atoms with Crippen molar-refractivity contribution in [2.45, 2.75) is 33.1 Å². The van der Waals surface area contributed by atoms with Crippen LogP contribution in [0.25, 0.3) is 0 Å². The third-order valence-electron chi connectivity index (χ3n) is 2.35. The minimum atomic E-state index is -0.221. The highest BCUT2D eigenvalue weighted by Crippen LogP contribution is 2.26. The topological polar surface area (TPSA) is 83.6 Å². The van der Waals surface area contributed by atoms with E-state index in [0.717, 1.165) is 17.2 Å². The van der Waals surface area contributed by atoms with Crippen LogP contribution in [0.15, 0.2) is 6.07 Å². The number of anilines is 1. The van der Waals surface area contributed by atoms with Gasteiger partial charge in [-0.05, 0) is 18.5 Å². The molecule has 0 saturated heterocycles. The summed E-state index contributed by atoms with van der Waals surface area (Å²) in [6.07, 6.45) is 0. The SMILES string of the molecule is Cc1cc(NC(=O)c2snnc2C(C)(C)C)n[nH]1. The highest BCUT2D eigenvalue weighted by atomic mass is 32.1. The fraction of sp³-hybridized carbons (Fsp3) is 0.455. The Labute approximate surface area is 109 Å². The fourth-order valence-corrected chi connectivity index (χ4v) is 2.26. The summed E-state index contributed by atoms with van der Waals surface area (Å²) in [7, 11) is 0. The van der Waals surface area contributed by atoms with Crippen molar-refractivity contribution < 1.29 is 4.79 Å². The fourth-order valence-electron chi connectivity index (χ4n) is 1.49. The van der Waals surface area contributed by atoms with Gasteiger partial charge in [0.1, 0.15) is 4.88 Å². The smallest absolute Gasteiger partial charge is 0.270 e. The Kier molecular flexibility index (Phi) is 3.16. The van der Waals surface area contributed by atoms with Crippen LogP contribution in [0.1, 0.15) is 41.8 Å². The molecule has 2 N–H and O–H groups in total. The predicted molar refractivity (Wildman–Crippen MR) is 69.9 cm³/mol. The van der Waals surface area contributed by atoms with E-state index in [9.17, 15) is 4.79 Å². The first-order valence-corrected chi connectivity index (χ1v) is 6.31. The highest BCUT2D eigenvalue weighted by molar-refractivity contribution is 7.08. The third-order valence-corrected chi connectivity index (χ3v) is 3.08. The number of carbonyl (C=O) groups excluding carboxylic acids is 1. The second-order valence-electron chi connectivity index (χ2n) is 5.09. The van der Waals surface area contributed by atoms with Crippen LogP contribution in [0.3, 0.4) is 0 Å². The van der Waals surface area contributed by atoms with Gasteiger partial charge in [-0.25, -0.2) is 0 Å². The van der Waals surface area contributed by atoms with Crippen LogP contribution < -0.4 is 5.32 Å². The third kappa shape index (κ3) is 2.56. The molecule has 0 spiro atoms. The molecule has 18 heavy (non-hydrogen) atoms. The molecule has 0 unspecified atom stereocenters. The lowest BCUT2D eigenvalue weighted by Gasteiger charge is -2.15. The number of hydrogen-bond acceptors (Lipinski definition) is 5. The zero-order chi connectivity index (χ0) is 13.3. The molecule has 7 heteroatoms. The molecule has 96 valence electrons. The van der Waals surface area contributed by atoms with Gasteiger partial charge in [-0.2, -0.15) is 5.10 Å². The van der Waals surface area contributed by atoms with Crippen LogP contribution in [-0.4, -0.2) is 25.7 Å². The van der Waals surface area contributed by atoms with E-state index in [1.54, 1.807) is 6.07 Å². The summed E-state index contributed by atoms with van der Waals surface area (Å²) in [6.45, 7) is 7.87. The van der Waals surface area contributed by atoms with E-state index in [4.69, 9.17) is 0 Å². The van der Waals surface area contributed by atoms with Crippen molar-refractivity contribution in [2.75, 3.05) is 5.32 Å². The standard InChI is InChI=1S/C11H15N5OS/c1-6-5-7(14-13-6)12-10(17)8-9(11(2,3)4)15-16-18-8/h5H,1-4H3,(H2,12,13,14,17). The van der Waals surface area contributed by atoms with Crippen molar-refractivity contribution in [3.05, 3.63) is 22.3 Å². The molecule has 2 heterocycles. The minimum absolute atomic E-state index is 0.207. The normalized spacial score (nSPS) is 11.6. The van der Waals surface area contributed by atoms with Gasteiger partial charge in [0.05, 0.1) is 5.69 Å². The van der Waals surface area contributed by atoms with Gasteiger partial charge in [0.2, 0.25) is 0 Å². The lowest BCUT2D eigenvalue weighted by atomic mass is 9.91. The highest BCUT2D eigenvalue weighted by Gasteiger charge is 2.26. The maximum atomic E-state index is 12.1. The number of nitrogens with zero attached hydrogens (tertiary/aromatic N) is 3. The summed E-state index contributed by atoms with van der Waals surface area (Å²) >= 11 is 1.10. The van der Waals surface area contributed by atoms with Gasteiger partial charge in [0, 0.05) is 17.2 Å². The summed E-state index contributed by atoms with van der Waals surface area (Å²) in [5.41, 5.74) is 1.39. The summed E-state index contributed by atoms with van der Waals surface area (Å²) in [6, 6.07) is 1.77. The number of nitrogens with one attached hydrogen (secondary N) is 2. The molecule has 2 rings (SSSR count). The molecule has 0 aliphatic carbocycles. The van der Waals surface area contributed by atoms with Crippen LogP contribution in [0.5, 0.6) is 0 Å². The van der Waals surface area contributed by atoms with Crippen LogP contribution in [-0.2, 0) is 5.41 Å². The predicted octanol–water partition coefficient (Wildman–Crippen LogP) is 2.12. The van der Waals surface area contributed by atoms with Crippen LogP contribution in [0, 0.1) is 6.92 Å². The summed E-state index contributed by atoms with van der Waals surface area (Å²) in [5, 5.41) is 13.5. The molecule has 0 saturated carbocycles. The van der Waals surface area contributed by atoms with Crippen LogP contribution in [0.2, 0.25) is 0 Å². The monoisotopic (exact) mass is 265 g/mol. The summed E-state index contributed by atoms with van der Waals surface area (Å²) in [4.78, 5) is 12.6. The first-order valence-electron chi connectivity index (χ1n) is 5.54. The number of aromatic amines is 1. The van der Waals surface area contributed by atoms with Gasteiger partial charge in [0.15, 0.2) is 5.82 Å². The van der Waals surface area contributed by atoms with E-state index in [1.807, 2.05) is 27.7 Å². The molecule has 0 radical (unpaired) electrons.